The van der Waals surface area contributed by atoms with E-state index >= 15 is 4.39 Å². The van der Waals surface area contributed by atoms with E-state index in [1.165, 1.54) is 6.07 Å². The lowest BCUT2D eigenvalue weighted by molar-refractivity contribution is 0.0206. The highest BCUT2D eigenvalue weighted by molar-refractivity contribution is 7.92. The van der Waals surface area contributed by atoms with Gasteiger partial charge in [0.05, 0.1) is 22.7 Å². The number of carbonyl (C=O) groups excluding carboxylic acids is 1. The fourth-order valence-corrected chi connectivity index (χ4v) is 8.05. The molecule has 2 fully saturated rings. The monoisotopic (exact) mass is 690 g/mol. The number of amides is 1. The molecule has 0 unspecified atom stereocenters. The molecule has 1 aliphatic heterocycles. The van der Waals surface area contributed by atoms with Crippen LogP contribution in [0.5, 0.6) is 11.6 Å². The Morgan fingerprint density at radius 2 is 1.78 bits per heavy atom. The first-order chi connectivity index (χ1) is 23.3. The number of anilines is 2. The van der Waals surface area contributed by atoms with E-state index in [4.69, 9.17) is 14.5 Å². The number of aromatic nitrogens is 3. The number of likely N-dealkylation sites (tertiary alicyclic amines) is 1. The Labute approximate surface area is 286 Å². The predicted molar refractivity (Wildman–Crippen MR) is 188 cm³/mol. The third-order valence-electron chi connectivity index (χ3n) is 8.79. The maximum absolute atomic E-state index is 15.2. The molecule has 13 heteroatoms. The first-order valence-electron chi connectivity index (χ1n) is 16.8. The van der Waals surface area contributed by atoms with E-state index in [1.54, 1.807) is 47.6 Å². The Kier molecular flexibility index (Phi) is 9.91. The predicted octanol–water partition coefficient (Wildman–Crippen LogP) is 7.67. The summed E-state index contributed by atoms with van der Waals surface area (Å²) in [7, 11) is -3.78. The number of hydrogen-bond donors (Lipinski definition) is 2. The topological polar surface area (TPSA) is 136 Å². The average molecular weight is 691 g/mol. The smallest absolute Gasteiger partial charge is 0.410 e. The van der Waals surface area contributed by atoms with Gasteiger partial charge in [-0.2, -0.15) is 0 Å². The highest BCUT2D eigenvalue weighted by atomic mass is 32.2. The van der Waals surface area contributed by atoms with Gasteiger partial charge in [-0.1, -0.05) is 25.0 Å². The van der Waals surface area contributed by atoms with Crippen LogP contribution in [0, 0.1) is 18.7 Å². The van der Waals surface area contributed by atoms with Crippen molar-refractivity contribution in [2.24, 2.45) is 5.92 Å². The minimum atomic E-state index is -3.78. The van der Waals surface area contributed by atoms with Gasteiger partial charge in [0.1, 0.15) is 17.2 Å². The number of ether oxygens (including phenoxy) is 2. The summed E-state index contributed by atoms with van der Waals surface area (Å²) in [6.45, 7) is 8.49. The fraction of sp³-hybridized carbons (Fsp3) is 0.444. The largest absolute Gasteiger partial charge is 0.444 e. The molecule has 2 N–H and O–H groups in total. The minimum absolute atomic E-state index is 0.0339. The molecule has 2 aliphatic rings. The zero-order chi connectivity index (χ0) is 34.8. The molecule has 6 rings (SSSR count). The number of nitrogens with zero attached hydrogens (tertiary/aromatic N) is 4. The van der Waals surface area contributed by atoms with Crippen molar-refractivity contribution in [1.29, 1.82) is 0 Å². The third-order valence-corrected chi connectivity index (χ3v) is 10.2. The zero-order valence-corrected chi connectivity index (χ0v) is 29.1. The lowest BCUT2D eigenvalue weighted by atomic mass is 10.0. The van der Waals surface area contributed by atoms with Crippen molar-refractivity contribution >= 4 is 38.5 Å². The van der Waals surface area contributed by atoms with Gasteiger partial charge in [-0.25, -0.2) is 32.6 Å². The average Bonchev–Trinajstić information content (AvgIpc) is 3.55. The Morgan fingerprint density at radius 1 is 1.00 bits per heavy atom. The van der Waals surface area contributed by atoms with Gasteiger partial charge in [0.25, 0.3) is 0 Å². The molecule has 2 aromatic heterocycles. The molecule has 1 aliphatic carbocycles. The van der Waals surface area contributed by atoms with Crippen LogP contribution < -0.4 is 14.8 Å². The van der Waals surface area contributed by atoms with Gasteiger partial charge in [-0.05, 0) is 95.2 Å². The second kappa shape index (κ2) is 14.1. The van der Waals surface area contributed by atoms with Gasteiger partial charge < -0.3 is 19.7 Å². The molecular weight excluding hydrogens is 647 g/mol. The van der Waals surface area contributed by atoms with E-state index in [0.717, 1.165) is 44.1 Å². The summed E-state index contributed by atoms with van der Waals surface area (Å²) in [6, 6.07) is 11.6. The summed E-state index contributed by atoms with van der Waals surface area (Å²) >= 11 is 0. The van der Waals surface area contributed by atoms with Crippen LogP contribution in [-0.4, -0.2) is 64.8 Å². The van der Waals surface area contributed by atoms with Crippen LogP contribution in [0.4, 0.5) is 20.8 Å². The van der Waals surface area contributed by atoms with E-state index in [0.29, 0.717) is 46.8 Å². The molecule has 0 spiro atoms. The number of sulfonamides is 1. The molecule has 0 radical (unpaired) electrons. The SMILES string of the molecule is Cc1ccc2c(NS(=O)(=O)CC3CCCC3)c(F)ccc2c1Oc1ncccc1-c1ccnc(N[C@H]2CCCN(C(=O)OC(C)(C)C)C2)n1. The van der Waals surface area contributed by atoms with Gasteiger partial charge in [0.2, 0.25) is 21.9 Å². The van der Waals surface area contributed by atoms with E-state index < -0.39 is 21.4 Å². The molecule has 4 aromatic rings. The second-order valence-electron chi connectivity index (χ2n) is 13.9. The van der Waals surface area contributed by atoms with Crippen molar-refractivity contribution in [2.75, 3.05) is 28.9 Å². The van der Waals surface area contributed by atoms with Crippen molar-refractivity contribution in [3.05, 3.63) is 66.2 Å². The lowest BCUT2D eigenvalue weighted by Crippen LogP contribution is -2.47. The van der Waals surface area contributed by atoms with Crippen LogP contribution in [-0.2, 0) is 14.8 Å². The van der Waals surface area contributed by atoms with Crippen LogP contribution in [0.1, 0.15) is 64.9 Å². The highest BCUT2D eigenvalue weighted by Crippen LogP contribution is 2.40. The molecule has 1 saturated carbocycles. The Bertz CT molecular complexity index is 1940. The maximum Gasteiger partial charge on any atom is 0.410 e. The minimum Gasteiger partial charge on any atom is -0.444 e. The summed E-state index contributed by atoms with van der Waals surface area (Å²) in [5.74, 6) is 0.466. The molecule has 49 heavy (non-hydrogen) atoms. The number of aryl methyl sites for hydroxylation is 1. The quantitative estimate of drug-likeness (QED) is 0.181. The number of hydrogen-bond acceptors (Lipinski definition) is 9. The molecular formula is C36H43FN6O5S. The van der Waals surface area contributed by atoms with Crippen molar-refractivity contribution in [3.8, 4) is 22.9 Å². The van der Waals surface area contributed by atoms with Crippen molar-refractivity contribution in [2.45, 2.75) is 77.9 Å². The van der Waals surface area contributed by atoms with Gasteiger partial charge in [0, 0.05) is 42.3 Å². The van der Waals surface area contributed by atoms with E-state index in [9.17, 15) is 13.2 Å². The van der Waals surface area contributed by atoms with Crippen molar-refractivity contribution in [1.82, 2.24) is 19.9 Å². The number of pyridine rings is 1. The molecule has 3 heterocycles. The van der Waals surface area contributed by atoms with Crippen molar-refractivity contribution < 1.29 is 27.1 Å². The van der Waals surface area contributed by atoms with Gasteiger partial charge in [0.15, 0.2) is 0 Å². The molecule has 0 bridgehead atoms. The van der Waals surface area contributed by atoms with Gasteiger partial charge in [-0.3, -0.25) is 4.72 Å². The summed E-state index contributed by atoms with van der Waals surface area (Å²) < 4.78 is 55.9. The first-order valence-corrected chi connectivity index (χ1v) is 18.4. The summed E-state index contributed by atoms with van der Waals surface area (Å²) in [5, 5.41) is 4.29. The summed E-state index contributed by atoms with van der Waals surface area (Å²) in [6.07, 6.45) is 8.31. The zero-order valence-electron chi connectivity index (χ0n) is 28.3. The number of halogens is 1. The highest BCUT2D eigenvalue weighted by Gasteiger charge is 2.29. The first kappa shape index (κ1) is 34.3. The molecule has 1 atom stereocenters. The van der Waals surface area contributed by atoms with E-state index in [-0.39, 0.29) is 35.4 Å². The maximum atomic E-state index is 15.2. The number of fused-ring (bicyclic) bond motifs is 1. The second-order valence-corrected chi connectivity index (χ2v) is 15.7. The number of rotatable bonds is 9. The molecule has 260 valence electrons. The Hall–Kier alpha value is -4.52. The van der Waals surface area contributed by atoms with Crippen LogP contribution in [0.3, 0.4) is 0 Å². The Morgan fingerprint density at radius 3 is 2.55 bits per heavy atom. The van der Waals surface area contributed by atoms with Crippen LogP contribution >= 0.6 is 0 Å². The lowest BCUT2D eigenvalue weighted by Gasteiger charge is -2.34. The number of piperidine rings is 1. The fourth-order valence-electron chi connectivity index (χ4n) is 6.50. The molecule has 11 nitrogen and oxygen atoms in total. The van der Waals surface area contributed by atoms with Gasteiger partial charge >= 0.3 is 6.09 Å². The van der Waals surface area contributed by atoms with Crippen molar-refractivity contribution in [3.63, 3.8) is 0 Å². The number of nitrogens with one attached hydrogen (secondary N) is 2. The van der Waals surface area contributed by atoms with Crippen LogP contribution in [0.25, 0.3) is 22.0 Å². The Balaban J connectivity index is 1.25. The standard InChI is InChI=1S/C36H43FN6O5S/c1-23-13-14-26-27(15-16-29(37)31(26)42-49(45,46)22-24-9-5-6-10-24)32(23)47-33-28(12-7-18-38-33)30-17-19-39-34(41-30)40-25-11-8-20-43(21-25)35(44)48-36(2,3)4/h7,12-19,24-25,42H,5-6,8-11,20-22H2,1-4H3,(H,39,40,41)/t25-/m0/s1. The summed E-state index contributed by atoms with van der Waals surface area (Å²) in [4.78, 5) is 28.1. The molecule has 1 saturated heterocycles. The van der Waals surface area contributed by atoms with Crippen LogP contribution in [0.2, 0.25) is 0 Å². The number of carbonyl (C=O) groups is 1. The molecule has 1 amide bonds. The molecule has 2 aromatic carbocycles. The summed E-state index contributed by atoms with van der Waals surface area (Å²) in [5.41, 5.74) is 1.24. The third kappa shape index (κ3) is 8.38. The number of benzene rings is 2. The van der Waals surface area contributed by atoms with Crippen LogP contribution in [0.15, 0.2) is 54.9 Å². The van der Waals surface area contributed by atoms with E-state index in [2.05, 4.69) is 20.0 Å². The van der Waals surface area contributed by atoms with E-state index in [1.807, 2.05) is 33.8 Å². The van der Waals surface area contributed by atoms with Gasteiger partial charge in [-0.15, -0.1) is 0 Å². The normalized spacial score (nSPS) is 17.2.